The quantitative estimate of drug-likeness (QED) is 0.695. The lowest BCUT2D eigenvalue weighted by Gasteiger charge is -2.14. The molecule has 0 aliphatic heterocycles. The fourth-order valence-corrected chi connectivity index (χ4v) is 2.49. The van der Waals surface area contributed by atoms with Gasteiger partial charge < -0.3 is 14.2 Å². The summed E-state index contributed by atoms with van der Waals surface area (Å²) < 4.78 is 11.6. The number of furan rings is 1. The van der Waals surface area contributed by atoms with Gasteiger partial charge in [0.05, 0.1) is 25.0 Å². The van der Waals surface area contributed by atoms with E-state index in [2.05, 4.69) is 31.4 Å². The minimum atomic E-state index is -0.129. The van der Waals surface area contributed by atoms with Gasteiger partial charge in [0.2, 0.25) is 11.8 Å². The summed E-state index contributed by atoms with van der Waals surface area (Å²) in [5, 5.41) is 10.7. The van der Waals surface area contributed by atoms with Gasteiger partial charge in [0.15, 0.2) is 5.76 Å². The largest absolute Gasteiger partial charge is 0.459 e. The molecule has 0 spiro atoms. The van der Waals surface area contributed by atoms with Crippen molar-refractivity contribution >= 4 is 27.5 Å². The van der Waals surface area contributed by atoms with Crippen molar-refractivity contribution in [2.75, 3.05) is 18.9 Å². The molecule has 3 rings (SSSR count). The second-order valence-corrected chi connectivity index (χ2v) is 6.03. The summed E-state index contributed by atoms with van der Waals surface area (Å²) in [5.41, 5.74) is 0.730. The van der Waals surface area contributed by atoms with Crippen molar-refractivity contribution in [3.05, 3.63) is 53.0 Å². The maximum absolute atomic E-state index is 12.1. The van der Waals surface area contributed by atoms with Crippen LogP contribution >= 0.6 is 15.9 Å². The Morgan fingerprint density at radius 2 is 2.08 bits per heavy atom. The Bertz CT molecular complexity index is 816. The molecule has 124 valence electrons. The zero-order valence-electron chi connectivity index (χ0n) is 12.9. The molecule has 0 saturated heterocycles. The normalized spacial score (nSPS) is 11.0. The molecule has 24 heavy (non-hydrogen) atoms. The van der Waals surface area contributed by atoms with E-state index in [1.807, 2.05) is 24.3 Å². The molecule has 2 aromatic heterocycles. The first-order valence-corrected chi connectivity index (χ1v) is 8.00. The molecular weight excluding hydrogens is 376 g/mol. The number of nitrogens with zero attached hydrogens (tertiary/aromatic N) is 3. The summed E-state index contributed by atoms with van der Waals surface area (Å²) in [7, 11) is 1.80. The standard InChI is InChI=1S/C16H15BrN4O3/c1-21(9-14(22)18-12-6-3-2-5-11(12)17)10-15-19-20-16(24-15)13-7-4-8-23-13/h2-8H,9-10H2,1H3,(H,18,22). The van der Waals surface area contributed by atoms with Crippen LogP contribution in [-0.4, -0.2) is 34.6 Å². The number of likely N-dealkylation sites (N-methyl/N-ethyl adjacent to an activating group) is 1. The third-order valence-corrected chi connectivity index (χ3v) is 3.86. The van der Waals surface area contributed by atoms with Gasteiger partial charge in [-0.05, 0) is 47.2 Å². The zero-order valence-corrected chi connectivity index (χ0v) is 14.5. The van der Waals surface area contributed by atoms with Crippen molar-refractivity contribution < 1.29 is 13.6 Å². The maximum atomic E-state index is 12.1. The van der Waals surface area contributed by atoms with E-state index in [0.717, 1.165) is 10.2 Å². The molecular formula is C16H15BrN4O3. The van der Waals surface area contributed by atoms with Crippen molar-refractivity contribution in [1.29, 1.82) is 0 Å². The van der Waals surface area contributed by atoms with Gasteiger partial charge in [-0.3, -0.25) is 9.69 Å². The van der Waals surface area contributed by atoms with Crippen molar-refractivity contribution in [1.82, 2.24) is 15.1 Å². The highest BCUT2D eigenvalue weighted by atomic mass is 79.9. The Hall–Kier alpha value is -2.45. The van der Waals surface area contributed by atoms with Crippen LogP contribution in [0.4, 0.5) is 5.69 Å². The van der Waals surface area contributed by atoms with Gasteiger partial charge in [0.25, 0.3) is 5.89 Å². The SMILES string of the molecule is CN(CC(=O)Nc1ccccc1Br)Cc1nnc(-c2ccco2)o1. The molecule has 0 bridgehead atoms. The average Bonchev–Trinajstić information content (AvgIpc) is 3.20. The summed E-state index contributed by atoms with van der Waals surface area (Å²) in [6.45, 7) is 0.552. The van der Waals surface area contributed by atoms with E-state index < -0.39 is 0 Å². The first-order valence-electron chi connectivity index (χ1n) is 7.21. The fourth-order valence-electron chi connectivity index (χ4n) is 2.10. The van der Waals surface area contributed by atoms with E-state index in [0.29, 0.717) is 24.1 Å². The van der Waals surface area contributed by atoms with Crippen LogP contribution in [0.1, 0.15) is 5.89 Å². The van der Waals surface area contributed by atoms with E-state index >= 15 is 0 Å². The molecule has 0 atom stereocenters. The zero-order chi connectivity index (χ0) is 16.9. The van der Waals surface area contributed by atoms with Crippen molar-refractivity contribution in [2.45, 2.75) is 6.54 Å². The minimum Gasteiger partial charge on any atom is -0.459 e. The first kappa shape index (κ1) is 16.4. The third-order valence-electron chi connectivity index (χ3n) is 3.17. The van der Waals surface area contributed by atoms with Gasteiger partial charge in [0.1, 0.15) is 0 Å². The molecule has 1 aromatic carbocycles. The van der Waals surface area contributed by atoms with Gasteiger partial charge in [-0.25, -0.2) is 0 Å². The van der Waals surface area contributed by atoms with Crippen molar-refractivity contribution in [2.24, 2.45) is 0 Å². The van der Waals surface area contributed by atoms with E-state index in [4.69, 9.17) is 8.83 Å². The second kappa shape index (κ2) is 7.41. The predicted molar refractivity (Wildman–Crippen MR) is 91.1 cm³/mol. The third kappa shape index (κ3) is 4.09. The number of hydrogen-bond acceptors (Lipinski definition) is 6. The molecule has 0 radical (unpaired) electrons. The first-order chi connectivity index (χ1) is 11.6. The van der Waals surface area contributed by atoms with Crippen LogP contribution in [-0.2, 0) is 11.3 Å². The Morgan fingerprint density at radius 3 is 2.83 bits per heavy atom. The summed E-state index contributed by atoms with van der Waals surface area (Å²) in [5.74, 6) is 1.12. The van der Waals surface area contributed by atoms with Gasteiger partial charge >= 0.3 is 0 Å². The molecule has 8 heteroatoms. The fraction of sp³-hybridized carbons (Fsp3) is 0.188. The van der Waals surface area contributed by atoms with Crippen LogP contribution in [0.15, 0.2) is 56.0 Å². The average molecular weight is 391 g/mol. The number of hydrogen-bond donors (Lipinski definition) is 1. The summed E-state index contributed by atoms with van der Waals surface area (Å²) in [4.78, 5) is 13.9. The number of rotatable bonds is 6. The van der Waals surface area contributed by atoms with Crippen LogP contribution < -0.4 is 5.32 Å². The lowest BCUT2D eigenvalue weighted by molar-refractivity contribution is -0.117. The topological polar surface area (TPSA) is 84.4 Å². The smallest absolute Gasteiger partial charge is 0.283 e. The Kier molecular flexibility index (Phi) is 5.07. The van der Waals surface area contributed by atoms with Crippen LogP contribution in [0.25, 0.3) is 11.7 Å². The molecule has 3 aromatic rings. The number of anilines is 1. The minimum absolute atomic E-state index is 0.129. The molecule has 0 aliphatic carbocycles. The van der Waals surface area contributed by atoms with Crippen LogP contribution in [0, 0.1) is 0 Å². The molecule has 0 saturated carbocycles. The second-order valence-electron chi connectivity index (χ2n) is 5.18. The lowest BCUT2D eigenvalue weighted by atomic mass is 10.3. The number of nitrogens with one attached hydrogen (secondary N) is 1. The van der Waals surface area contributed by atoms with Gasteiger partial charge in [-0.15, -0.1) is 10.2 Å². The molecule has 2 heterocycles. The Balaban J connectivity index is 1.55. The van der Waals surface area contributed by atoms with Crippen LogP contribution in [0.5, 0.6) is 0 Å². The highest BCUT2D eigenvalue weighted by molar-refractivity contribution is 9.10. The number of aromatic nitrogens is 2. The molecule has 1 amide bonds. The number of halogens is 1. The number of benzene rings is 1. The summed E-state index contributed by atoms with van der Waals surface area (Å²) in [6, 6.07) is 10.9. The summed E-state index contributed by atoms with van der Waals surface area (Å²) >= 11 is 3.40. The highest BCUT2D eigenvalue weighted by Gasteiger charge is 2.14. The van der Waals surface area contributed by atoms with Gasteiger partial charge in [-0.2, -0.15) is 0 Å². The Labute approximate surface area is 146 Å². The molecule has 0 aliphatic rings. The molecule has 7 nitrogen and oxygen atoms in total. The van der Waals surface area contributed by atoms with Crippen LogP contribution in [0.2, 0.25) is 0 Å². The number of amides is 1. The Morgan fingerprint density at radius 1 is 1.25 bits per heavy atom. The maximum Gasteiger partial charge on any atom is 0.283 e. The number of para-hydroxylation sites is 1. The van der Waals surface area contributed by atoms with Crippen molar-refractivity contribution in [3.8, 4) is 11.7 Å². The van der Waals surface area contributed by atoms with E-state index in [-0.39, 0.29) is 12.5 Å². The van der Waals surface area contributed by atoms with Crippen LogP contribution in [0.3, 0.4) is 0 Å². The molecule has 0 unspecified atom stereocenters. The molecule has 0 fully saturated rings. The van der Waals surface area contributed by atoms with Gasteiger partial charge in [0, 0.05) is 4.47 Å². The monoisotopic (exact) mass is 390 g/mol. The van der Waals surface area contributed by atoms with Crippen molar-refractivity contribution in [3.63, 3.8) is 0 Å². The van der Waals surface area contributed by atoms with E-state index in [9.17, 15) is 4.79 Å². The van der Waals surface area contributed by atoms with Gasteiger partial charge in [-0.1, -0.05) is 12.1 Å². The molecule has 1 N–H and O–H groups in total. The number of carbonyl (C=O) groups is 1. The van der Waals surface area contributed by atoms with E-state index in [1.54, 1.807) is 24.1 Å². The lowest BCUT2D eigenvalue weighted by Crippen LogP contribution is -2.30. The van der Waals surface area contributed by atoms with E-state index in [1.165, 1.54) is 6.26 Å². The predicted octanol–water partition coefficient (Wildman–Crippen LogP) is 3.16. The summed E-state index contributed by atoms with van der Waals surface area (Å²) in [6.07, 6.45) is 1.54. The highest BCUT2D eigenvalue weighted by Crippen LogP contribution is 2.21. The number of carbonyl (C=O) groups excluding carboxylic acids is 1.